The van der Waals surface area contributed by atoms with E-state index in [0.29, 0.717) is 31.9 Å². The van der Waals surface area contributed by atoms with Gasteiger partial charge in [-0.05, 0) is 43.5 Å². The maximum atomic E-state index is 13.5. The van der Waals surface area contributed by atoms with Gasteiger partial charge in [-0.15, -0.1) is 22.7 Å². The van der Waals surface area contributed by atoms with E-state index in [-0.39, 0.29) is 11.3 Å². The number of thiophene rings is 1. The van der Waals surface area contributed by atoms with Gasteiger partial charge in [0.1, 0.15) is 0 Å². The predicted octanol–water partition coefficient (Wildman–Crippen LogP) is 6.18. The minimum Gasteiger partial charge on any atom is -0.503 e. The number of carbonyl (C=O) groups excluding carboxylic acids is 1. The Balaban J connectivity index is 1.80. The molecule has 0 radical (unpaired) electrons. The first kappa shape index (κ1) is 20.2. The zero-order chi connectivity index (χ0) is 21.9. The van der Waals surface area contributed by atoms with Gasteiger partial charge in [0.25, 0.3) is 0 Å². The highest BCUT2D eigenvalue weighted by molar-refractivity contribution is 7.21. The van der Waals surface area contributed by atoms with Crippen LogP contribution in [0.2, 0.25) is 5.02 Å². The molecule has 4 aromatic heterocycles. The molecule has 0 saturated carbocycles. The van der Waals surface area contributed by atoms with Crippen molar-refractivity contribution in [3.05, 3.63) is 61.9 Å². The van der Waals surface area contributed by atoms with E-state index in [4.69, 9.17) is 11.6 Å². The quantitative estimate of drug-likeness (QED) is 0.295. The summed E-state index contributed by atoms with van der Waals surface area (Å²) in [6.07, 6.45) is 0. The number of fused-ring (bicyclic) bond motifs is 1. The number of aromatic hydroxyl groups is 2. The highest BCUT2D eigenvalue weighted by Crippen LogP contribution is 2.46. The Morgan fingerprint density at radius 1 is 1.13 bits per heavy atom. The Morgan fingerprint density at radius 2 is 1.94 bits per heavy atom. The molecule has 0 amide bonds. The molecule has 0 aliphatic rings. The topological polar surface area (TPSA) is 88.2 Å². The molecule has 0 fully saturated rings. The van der Waals surface area contributed by atoms with Crippen LogP contribution >= 0.6 is 45.6 Å². The molecule has 0 atom stereocenters. The van der Waals surface area contributed by atoms with E-state index in [1.54, 1.807) is 25.1 Å². The fraction of sp³-hybridized carbons (Fsp3) is 0.0952. The molecule has 0 bridgehead atoms. The van der Waals surface area contributed by atoms with E-state index in [1.807, 2.05) is 24.4 Å². The molecule has 156 valence electrons. The normalized spacial score (nSPS) is 11.5. The van der Waals surface area contributed by atoms with Crippen LogP contribution in [0, 0.1) is 13.8 Å². The summed E-state index contributed by atoms with van der Waals surface area (Å²) in [5.74, 6) is -1.30. The second kappa shape index (κ2) is 7.45. The lowest BCUT2D eigenvalue weighted by atomic mass is 10.1. The lowest BCUT2D eigenvalue weighted by Gasteiger charge is -2.07. The van der Waals surface area contributed by atoms with Crippen LogP contribution in [-0.4, -0.2) is 30.5 Å². The van der Waals surface area contributed by atoms with Crippen LogP contribution in [0.4, 0.5) is 0 Å². The fourth-order valence-electron chi connectivity index (χ4n) is 3.43. The van der Waals surface area contributed by atoms with Crippen LogP contribution in [0.1, 0.15) is 25.9 Å². The number of ketones is 1. The van der Waals surface area contributed by atoms with Crippen molar-refractivity contribution in [1.82, 2.24) is 14.5 Å². The van der Waals surface area contributed by atoms with Crippen LogP contribution < -0.4 is 0 Å². The zero-order valence-corrected chi connectivity index (χ0v) is 19.4. The summed E-state index contributed by atoms with van der Waals surface area (Å²) < 4.78 is 2.25. The summed E-state index contributed by atoms with van der Waals surface area (Å²) in [6, 6.07) is 9.00. The molecule has 5 rings (SSSR count). The van der Waals surface area contributed by atoms with Gasteiger partial charge in [0.15, 0.2) is 10.9 Å². The van der Waals surface area contributed by atoms with E-state index >= 15 is 0 Å². The lowest BCUT2D eigenvalue weighted by Crippen LogP contribution is -2.04. The molecule has 0 spiro atoms. The Bertz CT molecular complexity index is 1460. The maximum absolute atomic E-state index is 13.5. The number of nitrogens with zero attached hydrogens (tertiary/aromatic N) is 3. The Labute approximate surface area is 193 Å². The van der Waals surface area contributed by atoms with Crippen molar-refractivity contribution in [2.45, 2.75) is 13.8 Å². The molecule has 1 aromatic carbocycles. The van der Waals surface area contributed by atoms with Gasteiger partial charge in [-0.2, -0.15) is 0 Å². The highest BCUT2D eigenvalue weighted by atomic mass is 35.5. The molecule has 10 heteroatoms. The fourth-order valence-corrected chi connectivity index (χ4v) is 6.32. The molecule has 31 heavy (non-hydrogen) atoms. The molecule has 0 aliphatic heterocycles. The summed E-state index contributed by atoms with van der Waals surface area (Å²) >= 11 is 10.1. The monoisotopic (exact) mass is 487 g/mol. The first-order valence-corrected chi connectivity index (χ1v) is 12.0. The van der Waals surface area contributed by atoms with E-state index in [9.17, 15) is 15.0 Å². The van der Waals surface area contributed by atoms with Crippen molar-refractivity contribution < 1.29 is 15.0 Å². The van der Waals surface area contributed by atoms with Crippen LogP contribution in [0.5, 0.6) is 11.6 Å². The van der Waals surface area contributed by atoms with Gasteiger partial charge in [0.05, 0.1) is 41.9 Å². The number of aryl methyl sites for hydroxylation is 2. The van der Waals surface area contributed by atoms with Crippen molar-refractivity contribution in [2.24, 2.45) is 0 Å². The van der Waals surface area contributed by atoms with Gasteiger partial charge < -0.3 is 10.2 Å². The number of benzene rings is 1. The first-order chi connectivity index (χ1) is 14.8. The SMILES string of the molecule is Cc1nc(C)c(C(=O)c2c(O)c(O)n(-c3nc4ccc(Cl)cc4s3)c2-c2cccs2)s1. The minimum atomic E-state index is -0.476. The molecule has 4 heterocycles. The number of thiazole rings is 2. The molecule has 0 aliphatic carbocycles. The second-order valence-corrected chi connectivity index (χ2v) is 10.4. The highest BCUT2D eigenvalue weighted by Gasteiger charge is 2.33. The minimum absolute atomic E-state index is 0.0315. The summed E-state index contributed by atoms with van der Waals surface area (Å²) in [4.78, 5) is 23.6. The molecule has 0 unspecified atom stereocenters. The third-order valence-corrected chi connectivity index (χ3v) is 7.93. The number of hydrogen-bond acceptors (Lipinski definition) is 8. The summed E-state index contributed by atoms with van der Waals surface area (Å²) in [5, 5.41) is 25.4. The third kappa shape index (κ3) is 3.25. The van der Waals surface area contributed by atoms with Crippen molar-refractivity contribution >= 4 is 61.6 Å². The van der Waals surface area contributed by atoms with E-state index in [2.05, 4.69) is 9.97 Å². The summed E-state index contributed by atoms with van der Waals surface area (Å²) in [7, 11) is 0. The maximum Gasteiger partial charge on any atom is 0.242 e. The van der Waals surface area contributed by atoms with Crippen LogP contribution in [0.25, 0.3) is 25.9 Å². The largest absolute Gasteiger partial charge is 0.503 e. The summed E-state index contributed by atoms with van der Waals surface area (Å²) in [6.45, 7) is 3.58. The standard InChI is InChI=1S/C21H14ClN3O3S3/c1-9-19(30-10(2)23-9)17(26)15-16(13-4-3-7-29-13)25(20(28)18(15)27)21-24-12-6-5-11(22)8-14(12)31-21/h3-8,27-28H,1-2H3. The van der Waals surface area contributed by atoms with Gasteiger partial charge in [0, 0.05) is 5.02 Å². The van der Waals surface area contributed by atoms with Gasteiger partial charge >= 0.3 is 0 Å². The van der Waals surface area contributed by atoms with Gasteiger partial charge in [0.2, 0.25) is 11.7 Å². The van der Waals surface area contributed by atoms with Crippen LogP contribution in [0.15, 0.2) is 35.7 Å². The van der Waals surface area contributed by atoms with E-state index < -0.39 is 11.6 Å². The molecule has 6 nitrogen and oxygen atoms in total. The number of carbonyl (C=O) groups is 1. The van der Waals surface area contributed by atoms with E-state index in [1.165, 1.54) is 38.6 Å². The third-order valence-electron chi connectivity index (χ3n) is 4.74. The van der Waals surface area contributed by atoms with Crippen molar-refractivity contribution in [2.75, 3.05) is 0 Å². The average molecular weight is 488 g/mol. The van der Waals surface area contributed by atoms with Gasteiger partial charge in [-0.25, -0.2) is 9.97 Å². The average Bonchev–Trinajstić information content (AvgIpc) is 3.48. The molecule has 5 aromatic rings. The molecule has 2 N–H and O–H groups in total. The first-order valence-electron chi connectivity index (χ1n) is 9.11. The number of halogens is 1. The van der Waals surface area contributed by atoms with Gasteiger partial charge in [-0.1, -0.05) is 29.0 Å². The molecule has 0 saturated heterocycles. The summed E-state index contributed by atoms with van der Waals surface area (Å²) in [5.41, 5.74) is 1.72. The number of rotatable bonds is 4. The van der Waals surface area contributed by atoms with Gasteiger partial charge in [-0.3, -0.25) is 9.36 Å². The van der Waals surface area contributed by atoms with Crippen molar-refractivity contribution in [3.63, 3.8) is 0 Å². The number of aromatic nitrogens is 3. The zero-order valence-electron chi connectivity index (χ0n) is 16.2. The molecular weight excluding hydrogens is 474 g/mol. The Morgan fingerprint density at radius 3 is 2.61 bits per heavy atom. The predicted molar refractivity (Wildman–Crippen MR) is 126 cm³/mol. The second-order valence-electron chi connectivity index (χ2n) is 6.79. The van der Waals surface area contributed by atoms with Crippen LogP contribution in [0.3, 0.4) is 0 Å². The van der Waals surface area contributed by atoms with Crippen LogP contribution in [-0.2, 0) is 0 Å². The molecular formula is C21H14ClN3O3S3. The lowest BCUT2D eigenvalue weighted by molar-refractivity contribution is 0.104. The Kier molecular flexibility index (Phi) is 4.86. The Hall–Kier alpha value is -2.72. The van der Waals surface area contributed by atoms with E-state index in [0.717, 1.165) is 14.6 Å². The smallest absolute Gasteiger partial charge is 0.242 e. The van der Waals surface area contributed by atoms with Crippen molar-refractivity contribution in [1.29, 1.82) is 0 Å². The van der Waals surface area contributed by atoms with Crippen molar-refractivity contribution in [3.8, 4) is 27.3 Å². The number of hydrogen-bond donors (Lipinski definition) is 2.